The van der Waals surface area contributed by atoms with E-state index in [0.717, 1.165) is 19.0 Å². The van der Waals surface area contributed by atoms with Crippen LogP contribution in [-0.4, -0.2) is 48.1 Å². The average molecular weight is 178 g/mol. The van der Waals surface area contributed by atoms with Gasteiger partial charge in [0.2, 0.25) is 5.95 Å². The second-order valence-electron chi connectivity index (χ2n) is 3.57. The van der Waals surface area contributed by atoms with Crippen molar-refractivity contribution in [2.75, 3.05) is 32.1 Å². The Morgan fingerprint density at radius 3 is 2.46 bits per heavy atom. The first kappa shape index (κ1) is 8.44. The molecule has 1 aromatic rings. The van der Waals surface area contributed by atoms with Crippen molar-refractivity contribution < 1.29 is 0 Å². The largest absolute Gasteiger partial charge is 0.338 e. The highest BCUT2D eigenvalue weighted by atomic mass is 15.3. The van der Waals surface area contributed by atoms with E-state index in [1.165, 1.54) is 0 Å². The van der Waals surface area contributed by atoms with Crippen LogP contribution < -0.4 is 4.90 Å². The van der Waals surface area contributed by atoms with Crippen molar-refractivity contribution in [1.82, 2.24) is 14.9 Å². The van der Waals surface area contributed by atoms with Gasteiger partial charge in [0.05, 0.1) is 0 Å². The van der Waals surface area contributed by atoms with E-state index in [4.69, 9.17) is 0 Å². The van der Waals surface area contributed by atoms with Gasteiger partial charge in [-0.1, -0.05) is 0 Å². The van der Waals surface area contributed by atoms with Crippen LogP contribution in [0.5, 0.6) is 0 Å². The Bertz CT molecular complexity index is 266. The molecule has 0 spiro atoms. The summed E-state index contributed by atoms with van der Waals surface area (Å²) in [6.45, 7) is 2.08. The number of likely N-dealkylation sites (N-methyl/N-ethyl adjacent to an activating group) is 1. The smallest absolute Gasteiger partial charge is 0.225 e. The SMILES string of the molecule is CN(C)C1CN(c2ncccn2)C1. The zero-order chi connectivity index (χ0) is 9.26. The average Bonchev–Trinajstić information content (AvgIpc) is 2.02. The molecule has 0 aliphatic carbocycles. The summed E-state index contributed by atoms with van der Waals surface area (Å²) in [5, 5.41) is 0. The first-order chi connectivity index (χ1) is 6.27. The fourth-order valence-electron chi connectivity index (χ4n) is 1.40. The Hall–Kier alpha value is -1.16. The molecule has 0 unspecified atom stereocenters. The lowest BCUT2D eigenvalue weighted by atomic mass is 10.1. The van der Waals surface area contributed by atoms with Crippen LogP contribution in [0.25, 0.3) is 0 Å². The molecule has 1 saturated heterocycles. The highest BCUT2D eigenvalue weighted by Crippen LogP contribution is 2.17. The molecule has 2 heterocycles. The summed E-state index contributed by atoms with van der Waals surface area (Å²) in [4.78, 5) is 12.8. The topological polar surface area (TPSA) is 32.3 Å². The van der Waals surface area contributed by atoms with E-state index in [2.05, 4.69) is 33.9 Å². The maximum atomic E-state index is 4.19. The highest BCUT2D eigenvalue weighted by Gasteiger charge is 2.29. The fourth-order valence-corrected chi connectivity index (χ4v) is 1.40. The monoisotopic (exact) mass is 178 g/mol. The summed E-state index contributed by atoms with van der Waals surface area (Å²) in [7, 11) is 4.21. The van der Waals surface area contributed by atoms with E-state index in [1.807, 2.05) is 6.07 Å². The van der Waals surface area contributed by atoms with Crippen LogP contribution in [0, 0.1) is 0 Å². The lowest BCUT2D eigenvalue weighted by molar-refractivity contribution is 0.245. The quantitative estimate of drug-likeness (QED) is 0.649. The van der Waals surface area contributed by atoms with Gasteiger partial charge in [-0.05, 0) is 20.2 Å². The van der Waals surface area contributed by atoms with Crippen LogP contribution in [-0.2, 0) is 0 Å². The maximum absolute atomic E-state index is 4.19. The summed E-state index contributed by atoms with van der Waals surface area (Å²) in [6.07, 6.45) is 3.57. The van der Waals surface area contributed by atoms with E-state index in [1.54, 1.807) is 12.4 Å². The van der Waals surface area contributed by atoms with Gasteiger partial charge in [-0.25, -0.2) is 9.97 Å². The number of rotatable bonds is 2. The molecule has 1 aliphatic heterocycles. The number of hydrogen-bond acceptors (Lipinski definition) is 4. The minimum absolute atomic E-state index is 0.656. The molecule has 4 heteroatoms. The molecule has 2 rings (SSSR count). The van der Waals surface area contributed by atoms with Crippen molar-refractivity contribution in [2.24, 2.45) is 0 Å². The van der Waals surface area contributed by atoms with Crippen molar-refractivity contribution >= 4 is 5.95 Å². The Kier molecular flexibility index (Phi) is 2.14. The molecular weight excluding hydrogens is 164 g/mol. The van der Waals surface area contributed by atoms with Gasteiger partial charge in [0, 0.05) is 31.5 Å². The molecule has 1 aliphatic rings. The molecule has 1 fully saturated rings. The number of anilines is 1. The fraction of sp³-hybridized carbons (Fsp3) is 0.556. The van der Waals surface area contributed by atoms with Gasteiger partial charge < -0.3 is 9.80 Å². The molecule has 13 heavy (non-hydrogen) atoms. The molecule has 0 bridgehead atoms. The molecule has 70 valence electrons. The van der Waals surface area contributed by atoms with Crippen molar-refractivity contribution in [3.8, 4) is 0 Å². The number of hydrogen-bond donors (Lipinski definition) is 0. The molecule has 0 N–H and O–H groups in total. The zero-order valence-corrected chi connectivity index (χ0v) is 8.01. The van der Waals surface area contributed by atoms with E-state index < -0.39 is 0 Å². The summed E-state index contributed by atoms with van der Waals surface area (Å²) in [5.74, 6) is 0.848. The van der Waals surface area contributed by atoms with Gasteiger partial charge in [0.15, 0.2) is 0 Å². The van der Waals surface area contributed by atoms with Gasteiger partial charge in [0.25, 0.3) is 0 Å². The van der Waals surface area contributed by atoms with E-state index in [-0.39, 0.29) is 0 Å². The summed E-state index contributed by atoms with van der Waals surface area (Å²) in [5.41, 5.74) is 0. The maximum Gasteiger partial charge on any atom is 0.225 e. The predicted octanol–water partition coefficient (Wildman–Crippen LogP) is 0.227. The van der Waals surface area contributed by atoms with E-state index in [9.17, 15) is 0 Å². The van der Waals surface area contributed by atoms with Gasteiger partial charge in [-0.2, -0.15) is 0 Å². The Balaban J connectivity index is 1.94. The first-order valence-corrected chi connectivity index (χ1v) is 4.46. The number of nitrogens with zero attached hydrogens (tertiary/aromatic N) is 4. The normalized spacial score (nSPS) is 17.6. The Morgan fingerprint density at radius 1 is 1.31 bits per heavy atom. The Labute approximate surface area is 78.2 Å². The highest BCUT2D eigenvalue weighted by molar-refractivity contribution is 5.34. The molecule has 1 aromatic heterocycles. The van der Waals surface area contributed by atoms with Gasteiger partial charge in [-0.3, -0.25) is 0 Å². The predicted molar refractivity (Wildman–Crippen MR) is 51.7 cm³/mol. The van der Waals surface area contributed by atoms with Crippen LogP contribution in [0.15, 0.2) is 18.5 Å². The Morgan fingerprint density at radius 2 is 1.92 bits per heavy atom. The molecule has 0 atom stereocenters. The first-order valence-electron chi connectivity index (χ1n) is 4.46. The van der Waals surface area contributed by atoms with Crippen molar-refractivity contribution in [1.29, 1.82) is 0 Å². The number of aromatic nitrogens is 2. The molecule has 0 saturated carbocycles. The van der Waals surface area contributed by atoms with E-state index >= 15 is 0 Å². The van der Waals surface area contributed by atoms with Gasteiger partial charge in [0.1, 0.15) is 0 Å². The molecular formula is C9H14N4. The second kappa shape index (κ2) is 3.30. The summed E-state index contributed by atoms with van der Waals surface area (Å²) < 4.78 is 0. The lowest BCUT2D eigenvalue weighted by Crippen LogP contribution is -2.58. The van der Waals surface area contributed by atoms with Crippen LogP contribution in [0.4, 0.5) is 5.95 Å². The van der Waals surface area contributed by atoms with Gasteiger partial charge in [-0.15, -0.1) is 0 Å². The lowest BCUT2D eigenvalue weighted by Gasteiger charge is -2.42. The zero-order valence-electron chi connectivity index (χ0n) is 8.01. The third-order valence-electron chi connectivity index (χ3n) is 2.43. The van der Waals surface area contributed by atoms with Crippen LogP contribution in [0.3, 0.4) is 0 Å². The summed E-state index contributed by atoms with van der Waals surface area (Å²) in [6, 6.07) is 2.50. The molecule has 4 nitrogen and oxygen atoms in total. The van der Waals surface area contributed by atoms with Crippen LogP contribution >= 0.6 is 0 Å². The second-order valence-corrected chi connectivity index (χ2v) is 3.57. The van der Waals surface area contributed by atoms with Crippen molar-refractivity contribution in [3.63, 3.8) is 0 Å². The van der Waals surface area contributed by atoms with Crippen LogP contribution in [0.1, 0.15) is 0 Å². The van der Waals surface area contributed by atoms with Crippen molar-refractivity contribution in [2.45, 2.75) is 6.04 Å². The van der Waals surface area contributed by atoms with Crippen LogP contribution in [0.2, 0.25) is 0 Å². The van der Waals surface area contributed by atoms with Gasteiger partial charge >= 0.3 is 0 Å². The molecule has 0 radical (unpaired) electrons. The third kappa shape index (κ3) is 1.62. The van der Waals surface area contributed by atoms with E-state index in [0.29, 0.717) is 6.04 Å². The summed E-state index contributed by atoms with van der Waals surface area (Å²) >= 11 is 0. The molecule has 0 amide bonds. The minimum Gasteiger partial charge on any atom is -0.338 e. The minimum atomic E-state index is 0.656. The third-order valence-corrected chi connectivity index (χ3v) is 2.43. The molecule has 0 aromatic carbocycles. The van der Waals surface area contributed by atoms with Crippen molar-refractivity contribution in [3.05, 3.63) is 18.5 Å². The standard InChI is InChI=1S/C9H14N4/c1-12(2)8-6-13(7-8)9-10-4-3-5-11-9/h3-5,8H,6-7H2,1-2H3.